The number of aromatic carboxylic acids is 1. The molecule has 2 aromatic carbocycles. The van der Waals surface area contributed by atoms with Crippen molar-refractivity contribution in [2.24, 2.45) is 0 Å². The van der Waals surface area contributed by atoms with Crippen LogP contribution in [0.3, 0.4) is 0 Å². The van der Waals surface area contributed by atoms with Crippen molar-refractivity contribution in [3.63, 3.8) is 0 Å². The minimum absolute atomic E-state index is 0.137. The number of carboxylic acid groups (broad SMARTS) is 1. The third-order valence-corrected chi connectivity index (χ3v) is 4.56. The Hall–Kier alpha value is -3.21. The van der Waals surface area contributed by atoms with Crippen LogP contribution >= 0.6 is 0 Å². The van der Waals surface area contributed by atoms with Crippen LogP contribution in [0.5, 0.6) is 5.75 Å². The molecule has 0 aliphatic heterocycles. The first kappa shape index (κ1) is 17.2. The minimum Gasteiger partial charge on any atom is -0.490 e. The Balaban J connectivity index is 1.59. The Morgan fingerprint density at radius 2 is 1.93 bits per heavy atom. The van der Waals surface area contributed by atoms with E-state index in [1.165, 1.54) is 24.5 Å². The van der Waals surface area contributed by atoms with E-state index in [9.17, 15) is 14.3 Å². The second kappa shape index (κ2) is 7.19. The van der Waals surface area contributed by atoms with Crippen molar-refractivity contribution in [1.29, 1.82) is 0 Å². The number of ether oxygens (including phenoxy) is 1. The maximum absolute atomic E-state index is 14.7. The molecule has 1 heterocycles. The van der Waals surface area contributed by atoms with Crippen LogP contribution in [0.4, 0.5) is 4.39 Å². The average Bonchev–Trinajstić information content (AvgIpc) is 3.48. The highest BCUT2D eigenvalue weighted by Crippen LogP contribution is 2.30. The highest BCUT2D eigenvalue weighted by molar-refractivity contribution is 5.89. The highest BCUT2D eigenvalue weighted by atomic mass is 19.1. The van der Waals surface area contributed by atoms with E-state index in [0.29, 0.717) is 17.2 Å². The zero-order valence-corrected chi connectivity index (χ0v) is 14.6. The third kappa shape index (κ3) is 3.97. The summed E-state index contributed by atoms with van der Waals surface area (Å²) in [6.07, 6.45) is 5.54. The van der Waals surface area contributed by atoms with Gasteiger partial charge in [-0.25, -0.2) is 9.18 Å². The third-order valence-electron chi connectivity index (χ3n) is 4.56. The quantitative estimate of drug-likeness (QED) is 0.689. The summed E-state index contributed by atoms with van der Waals surface area (Å²) in [5.74, 6) is -0.626. The summed E-state index contributed by atoms with van der Waals surface area (Å²) < 4.78 is 20.5. The number of rotatable bonds is 6. The molecule has 1 N–H and O–H groups in total. The molecular weight excluding hydrogens is 345 g/mol. The topological polar surface area (TPSA) is 59.4 Å². The summed E-state index contributed by atoms with van der Waals surface area (Å²) >= 11 is 0. The SMILES string of the molecule is O=C(O)c1ccncc1Cc1ccc(-c2cccc(OC3CC3)c2)cc1F. The predicted molar refractivity (Wildman–Crippen MR) is 99.5 cm³/mol. The average molecular weight is 363 g/mol. The maximum Gasteiger partial charge on any atom is 0.336 e. The number of aromatic nitrogens is 1. The summed E-state index contributed by atoms with van der Waals surface area (Å²) in [4.78, 5) is 15.3. The second-order valence-corrected chi connectivity index (χ2v) is 6.67. The monoisotopic (exact) mass is 363 g/mol. The maximum atomic E-state index is 14.7. The van der Waals surface area contributed by atoms with Gasteiger partial charge in [-0.2, -0.15) is 0 Å². The molecule has 0 spiro atoms. The van der Waals surface area contributed by atoms with Gasteiger partial charge < -0.3 is 9.84 Å². The van der Waals surface area contributed by atoms with Crippen LogP contribution in [0.1, 0.15) is 34.3 Å². The smallest absolute Gasteiger partial charge is 0.336 e. The summed E-state index contributed by atoms with van der Waals surface area (Å²) in [6, 6.07) is 14.1. The van der Waals surface area contributed by atoms with Gasteiger partial charge in [-0.3, -0.25) is 4.98 Å². The van der Waals surface area contributed by atoms with E-state index < -0.39 is 5.97 Å². The van der Waals surface area contributed by atoms with Crippen LogP contribution in [-0.4, -0.2) is 22.2 Å². The first-order valence-corrected chi connectivity index (χ1v) is 8.82. The lowest BCUT2D eigenvalue weighted by molar-refractivity contribution is 0.0695. The molecule has 0 saturated heterocycles. The molecule has 0 amide bonds. The van der Waals surface area contributed by atoms with Gasteiger partial charge in [0, 0.05) is 18.8 Å². The van der Waals surface area contributed by atoms with Gasteiger partial charge in [-0.1, -0.05) is 24.3 Å². The van der Waals surface area contributed by atoms with Gasteiger partial charge in [0.05, 0.1) is 11.7 Å². The summed E-state index contributed by atoms with van der Waals surface area (Å²) in [6.45, 7) is 0. The van der Waals surface area contributed by atoms with Crippen molar-refractivity contribution in [3.05, 3.63) is 83.4 Å². The fraction of sp³-hybridized carbons (Fsp3) is 0.182. The molecule has 0 unspecified atom stereocenters. The first-order valence-electron chi connectivity index (χ1n) is 8.82. The first-order chi connectivity index (χ1) is 13.1. The van der Waals surface area contributed by atoms with Crippen LogP contribution < -0.4 is 4.74 Å². The normalized spacial score (nSPS) is 13.4. The van der Waals surface area contributed by atoms with E-state index in [1.54, 1.807) is 6.07 Å². The molecule has 1 saturated carbocycles. The van der Waals surface area contributed by atoms with Crippen molar-refractivity contribution in [2.75, 3.05) is 0 Å². The van der Waals surface area contributed by atoms with Gasteiger partial charge >= 0.3 is 5.97 Å². The fourth-order valence-electron chi connectivity index (χ4n) is 2.98. The van der Waals surface area contributed by atoms with Crippen LogP contribution in [0, 0.1) is 5.82 Å². The van der Waals surface area contributed by atoms with Crippen molar-refractivity contribution >= 4 is 5.97 Å². The molecule has 4 rings (SSSR count). The number of carboxylic acids is 1. The number of pyridine rings is 1. The Labute approximate surface area is 156 Å². The van der Waals surface area contributed by atoms with E-state index in [-0.39, 0.29) is 17.8 Å². The molecule has 0 atom stereocenters. The van der Waals surface area contributed by atoms with Crippen LogP contribution in [0.25, 0.3) is 11.1 Å². The van der Waals surface area contributed by atoms with E-state index >= 15 is 0 Å². The molecule has 1 aliphatic carbocycles. The summed E-state index contributed by atoms with van der Waals surface area (Å²) in [5.41, 5.74) is 2.68. The van der Waals surface area contributed by atoms with E-state index in [2.05, 4.69) is 4.98 Å². The van der Waals surface area contributed by atoms with Crippen LogP contribution in [-0.2, 0) is 6.42 Å². The van der Waals surface area contributed by atoms with Gasteiger partial charge in [-0.15, -0.1) is 0 Å². The molecule has 4 nitrogen and oxygen atoms in total. The number of hydrogen-bond acceptors (Lipinski definition) is 3. The second-order valence-electron chi connectivity index (χ2n) is 6.67. The lowest BCUT2D eigenvalue weighted by atomic mass is 9.98. The molecule has 0 bridgehead atoms. The summed E-state index contributed by atoms with van der Waals surface area (Å²) in [5, 5.41) is 9.27. The van der Waals surface area contributed by atoms with Crippen molar-refractivity contribution in [3.8, 4) is 16.9 Å². The van der Waals surface area contributed by atoms with Crippen molar-refractivity contribution in [1.82, 2.24) is 4.98 Å². The van der Waals surface area contributed by atoms with Crippen molar-refractivity contribution in [2.45, 2.75) is 25.4 Å². The highest BCUT2D eigenvalue weighted by Gasteiger charge is 2.23. The Morgan fingerprint density at radius 1 is 1.11 bits per heavy atom. The molecular formula is C22H18FNO3. The van der Waals surface area contributed by atoms with Gasteiger partial charge in [0.25, 0.3) is 0 Å². The van der Waals surface area contributed by atoms with E-state index in [4.69, 9.17) is 4.74 Å². The Bertz CT molecular complexity index is 998. The number of halogens is 1. The largest absolute Gasteiger partial charge is 0.490 e. The lowest BCUT2D eigenvalue weighted by Gasteiger charge is -2.10. The number of carbonyl (C=O) groups is 1. The van der Waals surface area contributed by atoms with Gasteiger partial charge in [0.15, 0.2) is 0 Å². The lowest BCUT2D eigenvalue weighted by Crippen LogP contribution is -2.04. The van der Waals surface area contributed by atoms with Gasteiger partial charge in [-0.05, 0) is 59.4 Å². The van der Waals surface area contributed by atoms with Gasteiger partial charge in [0.1, 0.15) is 11.6 Å². The number of hydrogen-bond donors (Lipinski definition) is 1. The Kier molecular flexibility index (Phi) is 4.59. The van der Waals surface area contributed by atoms with E-state index in [0.717, 1.165) is 29.7 Å². The Morgan fingerprint density at radius 3 is 2.67 bits per heavy atom. The van der Waals surface area contributed by atoms with Crippen molar-refractivity contribution < 1.29 is 19.0 Å². The number of benzene rings is 2. The zero-order chi connectivity index (χ0) is 18.8. The minimum atomic E-state index is -1.04. The molecule has 5 heteroatoms. The number of nitrogens with zero attached hydrogens (tertiary/aromatic N) is 1. The molecule has 0 radical (unpaired) electrons. The molecule has 136 valence electrons. The molecule has 1 fully saturated rings. The predicted octanol–water partition coefficient (Wildman–Crippen LogP) is 4.72. The summed E-state index contributed by atoms with van der Waals surface area (Å²) in [7, 11) is 0. The molecule has 27 heavy (non-hydrogen) atoms. The van der Waals surface area contributed by atoms with Crippen LogP contribution in [0.2, 0.25) is 0 Å². The standard InChI is InChI=1S/C22H18FNO3/c23-21-12-15(14-2-1-3-19(11-14)27-18-6-7-18)4-5-16(21)10-17-13-24-9-8-20(17)22(25)26/h1-5,8-9,11-13,18H,6-7,10H2,(H,25,26). The van der Waals surface area contributed by atoms with Crippen LogP contribution in [0.15, 0.2) is 60.9 Å². The zero-order valence-electron chi connectivity index (χ0n) is 14.6. The molecule has 3 aromatic rings. The molecule has 1 aliphatic rings. The molecule has 1 aromatic heterocycles. The van der Waals surface area contributed by atoms with Gasteiger partial charge in [0.2, 0.25) is 0 Å². The van der Waals surface area contributed by atoms with E-state index in [1.807, 2.05) is 30.3 Å². The fourth-order valence-corrected chi connectivity index (χ4v) is 2.98.